The molecule has 1 aliphatic rings. The number of hydrogen-bond donors (Lipinski definition) is 1. The zero-order chi connectivity index (χ0) is 13.9. The van der Waals surface area contributed by atoms with Gasteiger partial charge in [-0.2, -0.15) is 13.2 Å². The van der Waals surface area contributed by atoms with Crippen LogP contribution in [0.15, 0.2) is 24.3 Å². The Morgan fingerprint density at radius 2 is 1.89 bits per heavy atom. The summed E-state index contributed by atoms with van der Waals surface area (Å²) in [7, 11) is 0. The van der Waals surface area contributed by atoms with Gasteiger partial charge in [-0.15, -0.1) is 0 Å². The molecule has 2 rings (SSSR count). The Balaban J connectivity index is 2.25. The Bertz CT molecular complexity index is 409. The molecule has 106 valence electrons. The van der Waals surface area contributed by atoms with Crippen molar-refractivity contribution in [2.24, 2.45) is 0 Å². The van der Waals surface area contributed by atoms with Crippen molar-refractivity contribution < 1.29 is 13.2 Å². The summed E-state index contributed by atoms with van der Waals surface area (Å²) in [5.41, 5.74) is -0.142. The minimum atomic E-state index is -4.28. The molecule has 0 radical (unpaired) electrons. The summed E-state index contributed by atoms with van der Waals surface area (Å²) in [4.78, 5) is 2.12. The van der Waals surface area contributed by atoms with E-state index in [-0.39, 0.29) is 6.04 Å². The highest BCUT2D eigenvalue weighted by molar-refractivity contribution is 5.32. The molecule has 1 heterocycles. The molecule has 19 heavy (non-hydrogen) atoms. The fourth-order valence-electron chi connectivity index (χ4n) is 2.57. The van der Waals surface area contributed by atoms with Crippen LogP contribution in [0.25, 0.3) is 0 Å². The van der Waals surface area contributed by atoms with Crippen molar-refractivity contribution in [3.63, 3.8) is 0 Å². The second-order valence-electron chi connectivity index (χ2n) is 4.90. The average Bonchev–Trinajstić information content (AvgIpc) is 2.66. The second kappa shape index (κ2) is 5.92. The summed E-state index contributed by atoms with van der Waals surface area (Å²) in [6, 6.07) is 5.67. The van der Waals surface area contributed by atoms with E-state index in [2.05, 4.69) is 10.2 Å². The van der Waals surface area contributed by atoms with E-state index in [1.165, 1.54) is 12.1 Å². The topological polar surface area (TPSA) is 15.3 Å². The molecule has 5 heteroatoms. The zero-order valence-corrected chi connectivity index (χ0v) is 11.0. The van der Waals surface area contributed by atoms with E-state index < -0.39 is 11.7 Å². The molecule has 0 spiro atoms. The average molecular weight is 272 g/mol. The van der Waals surface area contributed by atoms with Gasteiger partial charge >= 0.3 is 6.18 Å². The van der Waals surface area contributed by atoms with Gasteiger partial charge in [0.25, 0.3) is 0 Å². The second-order valence-corrected chi connectivity index (χ2v) is 4.90. The van der Waals surface area contributed by atoms with Crippen LogP contribution in [0.2, 0.25) is 0 Å². The van der Waals surface area contributed by atoms with Gasteiger partial charge in [0, 0.05) is 19.1 Å². The van der Waals surface area contributed by atoms with Gasteiger partial charge in [0.05, 0.1) is 5.56 Å². The maximum absolute atomic E-state index is 13.0. The van der Waals surface area contributed by atoms with E-state index in [9.17, 15) is 13.2 Å². The Labute approximate surface area is 111 Å². The molecule has 1 aromatic rings. The SMILES string of the molecule is CC(c1ccccc1C(F)(F)F)N1CCCNCC1. The van der Waals surface area contributed by atoms with Crippen LogP contribution in [-0.4, -0.2) is 31.1 Å². The van der Waals surface area contributed by atoms with Crippen LogP contribution in [-0.2, 0) is 6.18 Å². The third-order valence-corrected chi connectivity index (χ3v) is 3.64. The van der Waals surface area contributed by atoms with Crippen molar-refractivity contribution in [1.82, 2.24) is 10.2 Å². The van der Waals surface area contributed by atoms with E-state index in [4.69, 9.17) is 0 Å². The lowest BCUT2D eigenvalue weighted by Gasteiger charge is -2.29. The maximum Gasteiger partial charge on any atom is 0.416 e. The molecule has 1 aliphatic heterocycles. The molecular formula is C14H19F3N2. The Morgan fingerprint density at radius 1 is 1.16 bits per heavy atom. The molecule has 0 aliphatic carbocycles. The highest BCUT2D eigenvalue weighted by Crippen LogP contribution is 2.36. The smallest absolute Gasteiger partial charge is 0.315 e. The number of hydrogen-bond acceptors (Lipinski definition) is 2. The molecule has 0 saturated carbocycles. The number of halogens is 3. The van der Waals surface area contributed by atoms with Gasteiger partial charge in [-0.05, 0) is 38.1 Å². The van der Waals surface area contributed by atoms with E-state index in [1.807, 2.05) is 6.92 Å². The summed E-state index contributed by atoms with van der Waals surface area (Å²) < 4.78 is 39.1. The first kappa shape index (κ1) is 14.3. The number of benzene rings is 1. The largest absolute Gasteiger partial charge is 0.416 e. The molecular weight excluding hydrogens is 253 g/mol. The Kier molecular flexibility index (Phi) is 4.47. The van der Waals surface area contributed by atoms with Gasteiger partial charge in [-0.3, -0.25) is 4.90 Å². The zero-order valence-electron chi connectivity index (χ0n) is 11.0. The summed E-state index contributed by atoms with van der Waals surface area (Å²) in [5.74, 6) is 0. The van der Waals surface area contributed by atoms with E-state index in [1.54, 1.807) is 12.1 Å². The number of nitrogens with zero attached hydrogens (tertiary/aromatic N) is 1. The fourth-order valence-corrected chi connectivity index (χ4v) is 2.57. The summed E-state index contributed by atoms with van der Waals surface area (Å²) in [6.07, 6.45) is -3.31. The minimum absolute atomic E-state index is 0.210. The van der Waals surface area contributed by atoms with E-state index >= 15 is 0 Å². The van der Waals surface area contributed by atoms with Crippen molar-refractivity contribution in [2.75, 3.05) is 26.2 Å². The molecule has 1 fully saturated rings. The first-order chi connectivity index (χ1) is 9.00. The Hall–Kier alpha value is -1.07. The lowest BCUT2D eigenvalue weighted by molar-refractivity contribution is -0.138. The number of nitrogens with one attached hydrogen (secondary N) is 1. The van der Waals surface area contributed by atoms with E-state index in [0.29, 0.717) is 5.56 Å². The quantitative estimate of drug-likeness (QED) is 0.890. The molecule has 1 aromatic carbocycles. The van der Waals surface area contributed by atoms with Crippen molar-refractivity contribution in [3.8, 4) is 0 Å². The maximum atomic E-state index is 13.0. The highest BCUT2D eigenvalue weighted by Gasteiger charge is 2.35. The van der Waals surface area contributed by atoms with Gasteiger partial charge in [-0.1, -0.05) is 18.2 Å². The van der Waals surface area contributed by atoms with Crippen LogP contribution >= 0.6 is 0 Å². The van der Waals surface area contributed by atoms with Gasteiger partial charge in [-0.25, -0.2) is 0 Å². The van der Waals surface area contributed by atoms with Crippen LogP contribution in [0.3, 0.4) is 0 Å². The van der Waals surface area contributed by atoms with Crippen molar-refractivity contribution >= 4 is 0 Å². The molecule has 0 bridgehead atoms. The van der Waals surface area contributed by atoms with Crippen LogP contribution in [0.1, 0.15) is 30.5 Å². The van der Waals surface area contributed by atoms with Gasteiger partial charge in [0.1, 0.15) is 0 Å². The van der Waals surface area contributed by atoms with Gasteiger partial charge in [0.15, 0.2) is 0 Å². The molecule has 1 saturated heterocycles. The predicted molar refractivity (Wildman–Crippen MR) is 68.9 cm³/mol. The standard InChI is InChI=1S/C14H19F3N2/c1-11(19-9-4-7-18-8-10-19)12-5-2-3-6-13(12)14(15,16)17/h2-3,5-6,11,18H,4,7-10H2,1H3. The van der Waals surface area contributed by atoms with Gasteiger partial charge in [0.2, 0.25) is 0 Å². The van der Waals surface area contributed by atoms with Crippen LogP contribution in [0.4, 0.5) is 13.2 Å². The first-order valence-electron chi connectivity index (χ1n) is 6.61. The molecule has 2 nitrogen and oxygen atoms in total. The lowest BCUT2D eigenvalue weighted by Crippen LogP contribution is -2.31. The van der Waals surface area contributed by atoms with Crippen molar-refractivity contribution in [2.45, 2.75) is 25.6 Å². The Morgan fingerprint density at radius 3 is 2.63 bits per heavy atom. The number of alkyl halides is 3. The monoisotopic (exact) mass is 272 g/mol. The summed E-state index contributed by atoms with van der Waals surface area (Å²) >= 11 is 0. The lowest BCUT2D eigenvalue weighted by atomic mass is 9.99. The first-order valence-corrected chi connectivity index (χ1v) is 6.61. The minimum Gasteiger partial charge on any atom is -0.315 e. The third-order valence-electron chi connectivity index (χ3n) is 3.64. The van der Waals surface area contributed by atoms with Gasteiger partial charge < -0.3 is 5.32 Å². The third kappa shape index (κ3) is 3.48. The predicted octanol–water partition coefficient (Wildman–Crippen LogP) is 3.06. The van der Waals surface area contributed by atoms with E-state index in [0.717, 1.165) is 32.6 Å². The molecule has 0 amide bonds. The summed E-state index contributed by atoms with van der Waals surface area (Å²) in [5, 5.41) is 3.26. The van der Waals surface area contributed by atoms with Crippen LogP contribution in [0, 0.1) is 0 Å². The molecule has 0 aromatic heterocycles. The van der Waals surface area contributed by atoms with Crippen LogP contribution < -0.4 is 5.32 Å². The normalized spacial score (nSPS) is 20.0. The molecule has 1 N–H and O–H groups in total. The summed E-state index contributed by atoms with van der Waals surface area (Å²) in [6.45, 7) is 5.24. The number of rotatable bonds is 2. The van der Waals surface area contributed by atoms with Crippen LogP contribution in [0.5, 0.6) is 0 Å². The molecule has 1 unspecified atom stereocenters. The highest BCUT2D eigenvalue weighted by atomic mass is 19.4. The fraction of sp³-hybridized carbons (Fsp3) is 0.571. The van der Waals surface area contributed by atoms with Crippen molar-refractivity contribution in [3.05, 3.63) is 35.4 Å². The molecule has 1 atom stereocenters. The van der Waals surface area contributed by atoms with Crippen molar-refractivity contribution in [1.29, 1.82) is 0 Å².